The Kier molecular flexibility index (Phi) is 2.77. The van der Waals surface area contributed by atoms with E-state index >= 15 is 0 Å². The molecule has 1 N–H and O–H groups in total. The number of hydrogen-bond donors (Lipinski definition) is 1. The summed E-state index contributed by atoms with van der Waals surface area (Å²) in [5.74, 6) is -0.253. The minimum absolute atomic E-state index is 0.253. The van der Waals surface area contributed by atoms with Crippen LogP contribution in [0.2, 0.25) is 0 Å². The van der Waals surface area contributed by atoms with Crippen LogP contribution in [-0.2, 0) is 14.5 Å². The Hall–Kier alpha value is -0.420. The predicted octanol–water partition coefficient (Wildman–Crippen LogP) is 0.383. The molecule has 0 saturated heterocycles. The number of likely N-dealkylation sites (N-methyl/N-ethyl adjacent to an activating group) is 1. The van der Waals surface area contributed by atoms with Gasteiger partial charge in [-0.3, -0.25) is 4.79 Å². The van der Waals surface area contributed by atoms with Gasteiger partial charge < -0.3 is 5.32 Å². The molecule has 0 aromatic rings. The van der Waals surface area contributed by atoms with E-state index in [0.717, 1.165) is 19.3 Å². The zero-order valence-electron chi connectivity index (χ0n) is 8.29. The van der Waals surface area contributed by atoms with Crippen LogP contribution in [0.15, 0.2) is 4.36 Å². The van der Waals surface area contributed by atoms with E-state index in [1.165, 1.54) is 12.5 Å². The molecule has 0 bridgehead atoms. The number of nitrogens with one attached hydrogen (secondary N) is 1. The lowest BCUT2D eigenvalue weighted by atomic mass is 9.76. The Morgan fingerprint density at radius 3 is 2.23 bits per heavy atom. The lowest BCUT2D eigenvalue weighted by molar-refractivity contribution is -0.126. The van der Waals surface area contributed by atoms with Crippen molar-refractivity contribution in [3.63, 3.8) is 0 Å². The molecule has 1 aliphatic carbocycles. The van der Waals surface area contributed by atoms with Gasteiger partial charge in [-0.05, 0) is 26.3 Å². The normalized spacial score (nSPS) is 20.5. The van der Waals surface area contributed by atoms with Gasteiger partial charge >= 0.3 is 0 Å². The molecule has 0 heterocycles. The second-order valence-electron chi connectivity index (χ2n) is 3.76. The molecular formula is C8H16N2O2S. The summed E-state index contributed by atoms with van der Waals surface area (Å²) in [6.07, 6.45) is 5.61. The molecule has 5 heteroatoms. The van der Waals surface area contributed by atoms with Gasteiger partial charge in [-0.2, -0.15) is 4.36 Å². The molecule has 0 spiro atoms. The lowest BCUT2D eigenvalue weighted by Gasteiger charge is -2.38. The minimum Gasteiger partial charge on any atom is -0.306 e. The maximum atomic E-state index is 11.6. The molecule has 0 aromatic carbocycles. The fraction of sp³-hybridized carbons (Fsp3) is 0.875. The molecule has 0 aliphatic heterocycles. The smallest absolute Gasteiger partial charge is 0.274 e. The average Bonchev–Trinajstić information content (AvgIpc) is 1.80. The van der Waals surface area contributed by atoms with E-state index in [4.69, 9.17) is 0 Å². The van der Waals surface area contributed by atoms with Crippen molar-refractivity contribution in [2.45, 2.75) is 24.8 Å². The van der Waals surface area contributed by atoms with Gasteiger partial charge in [0.2, 0.25) is 0 Å². The fourth-order valence-corrected chi connectivity index (χ4v) is 1.96. The maximum absolute atomic E-state index is 11.6. The quantitative estimate of drug-likeness (QED) is 0.707. The van der Waals surface area contributed by atoms with Crippen LogP contribution in [0.1, 0.15) is 19.3 Å². The average molecular weight is 204 g/mol. The third kappa shape index (κ3) is 2.28. The van der Waals surface area contributed by atoms with Crippen molar-refractivity contribution < 1.29 is 9.00 Å². The molecule has 76 valence electrons. The second-order valence-corrected chi connectivity index (χ2v) is 6.31. The van der Waals surface area contributed by atoms with E-state index in [9.17, 15) is 9.00 Å². The summed E-state index contributed by atoms with van der Waals surface area (Å²) in [6, 6.07) is 0. The summed E-state index contributed by atoms with van der Waals surface area (Å²) < 4.78 is 15.0. The Bertz CT molecular complexity index is 312. The Morgan fingerprint density at radius 2 is 2.00 bits per heavy atom. The number of carbonyl (C=O) groups is 1. The van der Waals surface area contributed by atoms with Crippen LogP contribution in [0, 0.1) is 0 Å². The molecule has 0 atom stereocenters. The number of carbonyl (C=O) groups excluding carboxylic acids is 1. The van der Waals surface area contributed by atoms with E-state index in [2.05, 4.69) is 9.68 Å². The molecule has 1 fully saturated rings. The molecule has 1 saturated carbocycles. The minimum atomic E-state index is -2.31. The van der Waals surface area contributed by atoms with Crippen molar-refractivity contribution in [3.05, 3.63) is 0 Å². The summed E-state index contributed by atoms with van der Waals surface area (Å²) in [6.45, 7) is 0. The first-order valence-electron chi connectivity index (χ1n) is 4.30. The van der Waals surface area contributed by atoms with Crippen molar-refractivity contribution in [1.82, 2.24) is 5.32 Å². The van der Waals surface area contributed by atoms with E-state index in [-0.39, 0.29) is 5.91 Å². The molecule has 0 aromatic heterocycles. The van der Waals surface area contributed by atoms with E-state index in [1.54, 1.807) is 7.05 Å². The van der Waals surface area contributed by atoms with Gasteiger partial charge in [-0.15, -0.1) is 0 Å². The van der Waals surface area contributed by atoms with Gasteiger partial charge in [0.15, 0.2) is 0 Å². The molecule has 4 nitrogen and oxygen atoms in total. The third-order valence-corrected chi connectivity index (χ3v) is 3.00. The van der Waals surface area contributed by atoms with Crippen LogP contribution in [0.5, 0.6) is 0 Å². The van der Waals surface area contributed by atoms with Crippen LogP contribution in [0.25, 0.3) is 0 Å². The first-order chi connectivity index (χ1) is 5.90. The number of nitrogens with zero attached hydrogens (tertiary/aromatic N) is 1. The van der Waals surface area contributed by atoms with Crippen molar-refractivity contribution in [3.8, 4) is 0 Å². The highest BCUT2D eigenvalue weighted by atomic mass is 32.2. The highest BCUT2D eigenvalue weighted by molar-refractivity contribution is 7.92. The highest BCUT2D eigenvalue weighted by Crippen LogP contribution is 2.32. The topological polar surface area (TPSA) is 58.5 Å². The standard InChI is InChI=1S/C8H16N2O2S/c1-9-8(5-4-6-8)7(11)10-13(2,3)12/h9H,4-6H2,1-3H3. The van der Waals surface area contributed by atoms with Crippen molar-refractivity contribution in [1.29, 1.82) is 0 Å². The monoisotopic (exact) mass is 204 g/mol. The van der Waals surface area contributed by atoms with Crippen LogP contribution in [0.3, 0.4) is 0 Å². The molecule has 13 heavy (non-hydrogen) atoms. The molecule has 0 unspecified atom stereocenters. The SMILES string of the molecule is CNC1(C(=O)N=S(C)(C)=O)CCC1. The van der Waals surface area contributed by atoms with Gasteiger partial charge in [0.1, 0.15) is 5.54 Å². The summed E-state index contributed by atoms with van der Waals surface area (Å²) in [5, 5.41) is 2.97. The van der Waals surface area contributed by atoms with Crippen molar-refractivity contribution >= 4 is 15.6 Å². The Balaban J connectivity index is 2.84. The zero-order valence-corrected chi connectivity index (χ0v) is 9.11. The highest BCUT2D eigenvalue weighted by Gasteiger charge is 2.42. The van der Waals surface area contributed by atoms with Gasteiger partial charge in [0.05, 0.1) is 0 Å². The van der Waals surface area contributed by atoms with E-state index in [0.29, 0.717) is 0 Å². The van der Waals surface area contributed by atoms with Crippen molar-refractivity contribution in [2.75, 3.05) is 19.6 Å². The van der Waals surface area contributed by atoms with Crippen molar-refractivity contribution in [2.24, 2.45) is 4.36 Å². The Morgan fingerprint density at radius 1 is 1.46 bits per heavy atom. The molecule has 1 rings (SSSR count). The molecule has 1 aliphatic rings. The van der Waals surface area contributed by atoms with Gasteiger partial charge in [0.25, 0.3) is 5.91 Å². The Labute approximate surface area is 79.3 Å². The number of amides is 1. The first kappa shape index (κ1) is 10.7. The van der Waals surface area contributed by atoms with Crippen LogP contribution in [-0.4, -0.2) is 35.2 Å². The van der Waals surface area contributed by atoms with Crippen LogP contribution >= 0.6 is 0 Å². The third-order valence-electron chi connectivity index (χ3n) is 2.40. The summed E-state index contributed by atoms with van der Waals surface area (Å²) in [5.41, 5.74) is -0.505. The maximum Gasteiger partial charge on any atom is 0.274 e. The predicted molar refractivity (Wildman–Crippen MR) is 53.1 cm³/mol. The molecule has 1 amide bonds. The zero-order chi connectivity index (χ0) is 10.1. The summed E-state index contributed by atoms with van der Waals surface area (Å²) in [4.78, 5) is 11.6. The van der Waals surface area contributed by atoms with Crippen LogP contribution < -0.4 is 5.32 Å². The first-order valence-corrected chi connectivity index (χ1v) is 6.63. The fourth-order valence-electron chi connectivity index (χ4n) is 1.39. The molecular weight excluding hydrogens is 188 g/mol. The van der Waals surface area contributed by atoms with Gasteiger partial charge in [-0.1, -0.05) is 0 Å². The van der Waals surface area contributed by atoms with E-state index < -0.39 is 15.3 Å². The summed E-state index contributed by atoms with van der Waals surface area (Å²) >= 11 is 0. The van der Waals surface area contributed by atoms with E-state index in [1.807, 2.05) is 0 Å². The van der Waals surface area contributed by atoms with Crippen LogP contribution in [0.4, 0.5) is 0 Å². The van der Waals surface area contributed by atoms with Gasteiger partial charge in [-0.25, -0.2) is 4.21 Å². The van der Waals surface area contributed by atoms with Gasteiger partial charge in [0, 0.05) is 22.2 Å². The molecule has 0 radical (unpaired) electrons. The largest absolute Gasteiger partial charge is 0.306 e. The number of hydrogen-bond acceptors (Lipinski definition) is 3. The second kappa shape index (κ2) is 3.38. The lowest BCUT2D eigenvalue weighted by Crippen LogP contribution is -2.55. The summed E-state index contributed by atoms with van der Waals surface area (Å²) in [7, 11) is -0.558. The number of rotatable bonds is 2.